The molecule has 1 aromatic heterocycles. The van der Waals surface area contributed by atoms with Gasteiger partial charge in [0.1, 0.15) is 5.70 Å². The van der Waals surface area contributed by atoms with E-state index < -0.39 is 5.91 Å². The maximum Gasteiger partial charge on any atom is 0.268 e. The van der Waals surface area contributed by atoms with Crippen LogP contribution in [0.25, 0.3) is 6.08 Å². The van der Waals surface area contributed by atoms with Crippen LogP contribution >= 0.6 is 11.3 Å². The molecule has 0 saturated carbocycles. The summed E-state index contributed by atoms with van der Waals surface area (Å²) in [5.41, 5.74) is 1.76. The molecule has 2 aromatic carbocycles. The van der Waals surface area contributed by atoms with Crippen LogP contribution in [0.4, 0.5) is 0 Å². The lowest BCUT2D eigenvalue weighted by Gasteiger charge is -2.16. The van der Waals surface area contributed by atoms with Gasteiger partial charge in [0.05, 0.1) is 14.2 Å². The first-order valence-corrected chi connectivity index (χ1v) is 11.5. The highest BCUT2D eigenvalue weighted by molar-refractivity contribution is 7.10. The molecule has 172 valence electrons. The third-order valence-corrected chi connectivity index (χ3v) is 5.87. The fourth-order valence-corrected chi connectivity index (χ4v) is 3.90. The molecule has 0 aliphatic heterocycles. The first-order chi connectivity index (χ1) is 16.0. The van der Waals surface area contributed by atoms with Crippen LogP contribution in [0.15, 0.2) is 71.7 Å². The van der Waals surface area contributed by atoms with E-state index in [9.17, 15) is 9.59 Å². The quantitative estimate of drug-likeness (QED) is 0.428. The predicted molar refractivity (Wildman–Crippen MR) is 132 cm³/mol. The Morgan fingerprint density at radius 3 is 2.42 bits per heavy atom. The van der Waals surface area contributed by atoms with Crippen molar-refractivity contribution < 1.29 is 19.1 Å². The van der Waals surface area contributed by atoms with Crippen LogP contribution in [0.1, 0.15) is 34.1 Å². The van der Waals surface area contributed by atoms with Crippen LogP contribution in [-0.4, -0.2) is 32.1 Å². The number of methoxy groups -OCH3 is 2. The van der Waals surface area contributed by atoms with E-state index in [1.54, 1.807) is 24.3 Å². The van der Waals surface area contributed by atoms with Crippen molar-refractivity contribution in [2.45, 2.75) is 25.8 Å². The summed E-state index contributed by atoms with van der Waals surface area (Å²) in [6, 6.07) is 18.7. The zero-order chi connectivity index (χ0) is 23.6. The van der Waals surface area contributed by atoms with Gasteiger partial charge < -0.3 is 20.1 Å². The van der Waals surface area contributed by atoms with E-state index >= 15 is 0 Å². The van der Waals surface area contributed by atoms with Crippen LogP contribution in [-0.2, 0) is 11.2 Å². The fourth-order valence-electron chi connectivity index (χ4n) is 3.25. The SMILES string of the molecule is COc1ccc(C(=O)N/C(=C\c2cccs2)C(=O)NC(C)CCc2ccccc2)cc1OC. The number of rotatable bonds is 10. The van der Waals surface area contributed by atoms with Gasteiger partial charge in [0, 0.05) is 16.5 Å². The van der Waals surface area contributed by atoms with Crippen LogP contribution in [0, 0.1) is 0 Å². The van der Waals surface area contributed by atoms with Gasteiger partial charge in [0.2, 0.25) is 0 Å². The third-order valence-electron chi connectivity index (χ3n) is 5.05. The van der Waals surface area contributed by atoms with Crippen molar-refractivity contribution in [1.82, 2.24) is 10.6 Å². The standard InChI is InChI=1S/C26H28N2O4S/c1-18(11-12-19-8-5-4-6-9-19)27-26(30)22(17-21-10-7-15-33-21)28-25(29)20-13-14-23(31-2)24(16-20)32-3/h4-10,13-18H,11-12H2,1-3H3,(H,27,30)(H,28,29)/b22-17-. The van der Waals surface area contributed by atoms with Gasteiger partial charge in [-0.15, -0.1) is 11.3 Å². The number of benzene rings is 2. The maximum atomic E-state index is 13.0. The van der Waals surface area contributed by atoms with Gasteiger partial charge in [-0.05, 0) is 61.1 Å². The molecule has 1 heterocycles. The highest BCUT2D eigenvalue weighted by Crippen LogP contribution is 2.27. The Hall–Kier alpha value is -3.58. The van der Waals surface area contributed by atoms with E-state index in [0.717, 1.165) is 17.7 Å². The summed E-state index contributed by atoms with van der Waals surface area (Å²) in [5.74, 6) is 0.213. The molecule has 1 unspecified atom stereocenters. The summed E-state index contributed by atoms with van der Waals surface area (Å²) in [5, 5.41) is 7.67. The second kappa shape index (κ2) is 11.9. The minimum absolute atomic E-state index is 0.0672. The molecule has 0 saturated heterocycles. The van der Waals surface area contributed by atoms with Crippen molar-refractivity contribution in [2.75, 3.05) is 14.2 Å². The molecule has 0 aliphatic rings. The van der Waals surface area contributed by atoms with Crippen molar-refractivity contribution >= 4 is 29.2 Å². The number of hydrogen-bond donors (Lipinski definition) is 2. The average Bonchev–Trinajstić information content (AvgIpc) is 3.35. The number of nitrogens with one attached hydrogen (secondary N) is 2. The van der Waals surface area contributed by atoms with E-state index in [2.05, 4.69) is 22.8 Å². The van der Waals surface area contributed by atoms with Gasteiger partial charge in [-0.1, -0.05) is 36.4 Å². The molecule has 2 N–H and O–H groups in total. The molecule has 33 heavy (non-hydrogen) atoms. The Morgan fingerprint density at radius 2 is 1.76 bits per heavy atom. The molecular formula is C26H28N2O4S. The van der Waals surface area contributed by atoms with Gasteiger partial charge in [0.25, 0.3) is 11.8 Å². The number of thiophene rings is 1. The van der Waals surface area contributed by atoms with E-state index in [1.807, 2.05) is 42.6 Å². The Bertz CT molecular complexity index is 1090. The van der Waals surface area contributed by atoms with Gasteiger partial charge in [0.15, 0.2) is 11.5 Å². The van der Waals surface area contributed by atoms with Gasteiger partial charge in [-0.3, -0.25) is 9.59 Å². The number of ether oxygens (including phenoxy) is 2. The molecule has 0 fully saturated rings. The summed E-state index contributed by atoms with van der Waals surface area (Å²) in [4.78, 5) is 26.8. The molecule has 1 atom stereocenters. The minimum Gasteiger partial charge on any atom is -0.493 e. The molecule has 6 nitrogen and oxygen atoms in total. The number of carbonyl (C=O) groups is 2. The van der Waals surface area contributed by atoms with Crippen LogP contribution in [0.2, 0.25) is 0 Å². The summed E-state index contributed by atoms with van der Waals surface area (Å²) in [6.45, 7) is 1.96. The van der Waals surface area contributed by atoms with Crippen LogP contribution < -0.4 is 20.1 Å². The van der Waals surface area contributed by atoms with Crippen molar-refractivity contribution in [3.05, 3.63) is 87.7 Å². The van der Waals surface area contributed by atoms with E-state index in [0.29, 0.717) is 17.1 Å². The van der Waals surface area contributed by atoms with Gasteiger partial charge >= 0.3 is 0 Å². The molecular weight excluding hydrogens is 436 g/mol. The normalized spacial score (nSPS) is 12.0. The molecule has 2 amide bonds. The summed E-state index contributed by atoms with van der Waals surface area (Å²) >= 11 is 1.48. The molecule has 0 bridgehead atoms. The Kier molecular flexibility index (Phi) is 8.66. The fraction of sp³-hybridized carbons (Fsp3) is 0.231. The van der Waals surface area contributed by atoms with Crippen molar-refractivity contribution in [3.63, 3.8) is 0 Å². The molecule has 7 heteroatoms. The number of amides is 2. The first-order valence-electron chi connectivity index (χ1n) is 10.6. The molecule has 0 aliphatic carbocycles. The van der Waals surface area contributed by atoms with Gasteiger partial charge in [-0.2, -0.15) is 0 Å². The highest BCUT2D eigenvalue weighted by atomic mass is 32.1. The van der Waals surface area contributed by atoms with Crippen molar-refractivity contribution in [2.24, 2.45) is 0 Å². The molecule has 3 aromatic rings. The molecule has 3 rings (SSSR count). The zero-order valence-electron chi connectivity index (χ0n) is 19.0. The van der Waals surface area contributed by atoms with E-state index in [4.69, 9.17) is 9.47 Å². The lowest BCUT2D eigenvalue weighted by molar-refractivity contribution is -0.118. The second-order valence-corrected chi connectivity index (χ2v) is 8.48. The number of carbonyl (C=O) groups excluding carboxylic acids is 2. The largest absolute Gasteiger partial charge is 0.493 e. The first kappa shape index (κ1) is 24.1. The van der Waals surface area contributed by atoms with E-state index in [1.165, 1.54) is 31.1 Å². The number of aryl methyl sites for hydroxylation is 1. The van der Waals surface area contributed by atoms with Crippen molar-refractivity contribution in [3.8, 4) is 11.5 Å². The third kappa shape index (κ3) is 6.95. The van der Waals surface area contributed by atoms with Gasteiger partial charge in [-0.25, -0.2) is 0 Å². The average molecular weight is 465 g/mol. The molecule has 0 radical (unpaired) electrons. The predicted octanol–water partition coefficient (Wildman–Crippen LogP) is 4.67. The second-order valence-electron chi connectivity index (χ2n) is 7.50. The zero-order valence-corrected chi connectivity index (χ0v) is 19.8. The lowest BCUT2D eigenvalue weighted by Crippen LogP contribution is -2.39. The van der Waals surface area contributed by atoms with Crippen LogP contribution in [0.3, 0.4) is 0 Å². The lowest BCUT2D eigenvalue weighted by atomic mass is 10.1. The summed E-state index contributed by atoms with van der Waals surface area (Å²) in [6.07, 6.45) is 3.32. The Labute approximate surface area is 198 Å². The van der Waals surface area contributed by atoms with Crippen molar-refractivity contribution in [1.29, 1.82) is 0 Å². The Morgan fingerprint density at radius 1 is 1.00 bits per heavy atom. The minimum atomic E-state index is -0.411. The Balaban J connectivity index is 1.72. The topological polar surface area (TPSA) is 76.7 Å². The highest BCUT2D eigenvalue weighted by Gasteiger charge is 2.18. The number of hydrogen-bond acceptors (Lipinski definition) is 5. The molecule has 0 spiro atoms. The van der Waals surface area contributed by atoms with Crippen LogP contribution in [0.5, 0.6) is 11.5 Å². The summed E-state index contributed by atoms with van der Waals surface area (Å²) in [7, 11) is 3.04. The monoisotopic (exact) mass is 464 g/mol. The van der Waals surface area contributed by atoms with E-state index in [-0.39, 0.29) is 17.6 Å². The summed E-state index contributed by atoms with van der Waals surface area (Å²) < 4.78 is 10.5. The maximum absolute atomic E-state index is 13.0. The smallest absolute Gasteiger partial charge is 0.268 e.